The molecule has 1 aromatic carbocycles. The summed E-state index contributed by atoms with van der Waals surface area (Å²) in [7, 11) is 1.19. The Morgan fingerprint density at radius 3 is 2.69 bits per heavy atom. The number of likely N-dealkylation sites (N-methyl/N-ethyl adjacent to an activating group) is 1. The van der Waals surface area contributed by atoms with Gasteiger partial charge in [-0.25, -0.2) is 0 Å². The highest BCUT2D eigenvalue weighted by Crippen LogP contribution is 2.25. The van der Waals surface area contributed by atoms with Gasteiger partial charge in [-0.1, -0.05) is 44.9 Å². The maximum absolute atomic E-state index is 13.1. The number of amides is 2. The monoisotopic (exact) mass is 366 g/mol. The number of ketones is 1. The smallest absolute Gasteiger partial charge is 0.249 e. The number of hydrogen-bond donors (Lipinski definition) is 2. The van der Waals surface area contributed by atoms with Crippen LogP contribution < -0.4 is 5.32 Å². The van der Waals surface area contributed by atoms with Gasteiger partial charge < -0.3 is 15.3 Å². The number of rotatable bonds is 6. The quantitative estimate of drug-likeness (QED) is 0.798. The molecule has 0 bridgehead atoms. The minimum atomic E-state index is -2.26. The third-order valence-electron chi connectivity index (χ3n) is 4.36. The number of benzene rings is 1. The molecule has 0 fully saturated rings. The van der Waals surface area contributed by atoms with E-state index in [0.29, 0.717) is 0 Å². The fourth-order valence-electron chi connectivity index (χ4n) is 2.63. The van der Waals surface area contributed by atoms with Crippen LogP contribution in [0.5, 0.6) is 0 Å². The van der Waals surface area contributed by atoms with Crippen molar-refractivity contribution < 1.29 is 27.7 Å². The highest BCUT2D eigenvalue weighted by Gasteiger charge is 2.32. The Morgan fingerprint density at radius 2 is 2.04 bits per heavy atom. The third-order valence-corrected chi connectivity index (χ3v) is 4.36. The molecule has 0 unspecified atom stereocenters. The van der Waals surface area contributed by atoms with Crippen molar-refractivity contribution in [1.82, 2.24) is 10.2 Å². The summed E-state index contributed by atoms with van der Waals surface area (Å²) < 4.78 is 48.7. The topological polar surface area (TPSA) is 86.7 Å². The van der Waals surface area contributed by atoms with Gasteiger partial charge in [-0.15, -0.1) is 0 Å². The van der Waals surface area contributed by atoms with Crippen LogP contribution in [0.2, 0.25) is 0 Å². The van der Waals surface area contributed by atoms with Crippen LogP contribution in [0.1, 0.15) is 52.6 Å². The highest BCUT2D eigenvalue weighted by atomic mass is 16.3. The van der Waals surface area contributed by atoms with E-state index in [0.717, 1.165) is 4.90 Å². The molecular formula is C20H28N2O4. The molecule has 1 aromatic rings. The van der Waals surface area contributed by atoms with Gasteiger partial charge in [-0.2, -0.15) is 0 Å². The van der Waals surface area contributed by atoms with Crippen molar-refractivity contribution in [2.24, 2.45) is 11.8 Å². The molecule has 2 rings (SSSR count). The van der Waals surface area contributed by atoms with E-state index in [1.807, 2.05) is 0 Å². The van der Waals surface area contributed by atoms with Crippen molar-refractivity contribution in [3.05, 3.63) is 35.3 Å². The molecular weight excluding hydrogens is 332 g/mol. The molecule has 3 atom stereocenters. The predicted molar refractivity (Wildman–Crippen MR) is 98.3 cm³/mol. The molecule has 142 valence electrons. The second-order valence-electron chi connectivity index (χ2n) is 6.83. The van der Waals surface area contributed by atoms with Crippen molar-refractivity contribution >= 4 is 17.6 Å². The van der Waals surface area contributed by atoms with Crippen LogP contribution in [0.25, 0.3) is 0 Å². The molecule has 0 saturated heterocycles. The zero-order valence-corrected chi connectivity index (χ0v) is 15.3. The van der Waals surface area contributed by atoms with E-state index < -0.39 is 72.7 Å². The molecule has 0 aromatic heterocycles. The molecule has 1 aliphatic heterocycles. The van der Waals surface area contributed by atoms with Crippen LogP contribution >= 0.6 is 0 Å². The third kappa shape index (κ3) is 4.49. The minimum Gasteiger partial charge on any atom is -0.385 e. The average Bonchev–Trinajstić information content (AvgIpc) is 2.79. The molecule has 0 spiro atoms. The zero-order chi connectivity index (χ0) is 24.7. The lowest BCUT2D eigenvalue weighted by Crippen LogP contribution is -2.43. The summed E-state index contributed by atoms with van der Waals surface area (Å²) in [6.45, 7) is 2.50. The Balaban J connectivity index is 2.48. The van der Waals surface area contributed by atoms with Crippen LogP contribution in [-0.4, -0.2) is 47.3 Å². The molecule has 1 aliphatic rings. The first-order valence-electron chi connectivity index (χ1n) is 11.5. The number of aliphatic hydroxyl groups excluding tert-OH is 1. The molecule has 0 saturated carbocycles. The van der Waals surface area contributed by atoms with Gasteiger partial charge in [-0.05, 0) is 23.5 Å². The Labute approximate surface area is 163 Å². The molecule has 0 radical (unpaired) electrons. The number of fused-ring (bicyclic) bond motifs is 1. The second kappa shape index (κ2) is 8.45. The van der Waals surface area contributed by atoms with Crippen molar-refractivity contribution in [1.29, 1.82) is 0 Å². The van der Waals surface area contributed by atoms with E-state index in [9.17, 15) is 19.5 Å². The van der Waals surface area contributed by atoms with E-state index >= 15 is 0 Å². The van der Waals surface area contributed by atoms with Crippen LogP contribution in [0.3, 0.4) is 0 Å². The number of hydrogen-bond acceptors (Lipinski definition) is 4. The van der Waals surface area contributed by atoms with Crippen molar-refractivity contribution in [2.45, 2.75) is 45.8 Å². The van der Waals surface area contributed by atoms with E-state index in [2.05, 4.69) is 5.32 Å². The standard InChI is InChI=1S/C20H28N2O4/c1-12(2)18(24)16(23)11-13(3)19(25)21-17-15-8-6-5-7-14(15)9-10-22(4)20(17)26/h5-8,12-13,17-18,24H,9-11H2,1-4H3,(H,21,25)/t13-,17+,18+/m1/s1/i5D,6D,7D,8D,10D2. The van der Waals surface area contributed by atoms with Crippen LogP contribution in [0, 0.1) is 11.8 Å². The predicted octanol–water partition coefficient (Wildman–Crippen LogP) is 1.47. The summed E-state index contributed by atoms with van der Waals surface area (Å²) in [6, 6.07) is -3.74. The zero-order valence-electron chi connectivity index (χ0n) is 21.3. The number of nitrogens with one attached hydrogen (secondary N) is 1. The number of nitrogens with zero attached hydrogens (tertiary/aromatic N) is 1. The van der Waals surface area contributed by atoms with Crippen molar-refractivity contribution in [2.75, 3.05) is 13.5 Å². The van der Waals surface area contributed by atoms with Crippen LogP contribution in [0.4, 0.5) is 0 Å². The Kier molecular flexibility index (Phi) is 4.23. The SMILES string of the molecule is [2H]c1c([2H])c([2H])c2c(c1[2H])CC([2H])([2H])N(C)C(=O)[C@H]2NC(=O)[C@H](C)CC(=O)[C@@H](O)C(C)C. The molecule has 2 N–H and O–H groups in total. The summed E-state index contributed by atoms with van der Waals surface area (Å²) in [6.07, 6.45) is -2.01. The minimum absolute atomic E-state index is 0.0945. The Morgan fingerprint density at radius 1 is 1.38 bits per heavy atom. The van der Waals surface area contributed by atoms with E-state index in [1.54, 1.807) is 13.8 Å². The van der Waals surface area contributed by atoms with Crippen LogP contribution in [-0.2, 0) is 20.8 Å². The van der Waals surface area contributed by atoms with Gasteiger partial charge in [0.1, 0.15) is 12.1 Å². The van der Waals surface area contributed by atoms with Gasteiger partial charge in [0.15, 0.2) is 5.78 Å². The van der Waals surface area contributed by atoms with Gasteiger partial charge in [0.25, 0.3) is 0 Å². The Hall–Kier alpha value is -2.21. The maximum atomic E-state index is 13.1. The highest BCUT2D eigenvalue weighted by molar-refractivity contribution is 5.92. The summed E-state index contributed by atoms with van der Waals surface area (Å²) in [5.74, 6) is -3.42. The van der Waals surface area contributed by atoms with Gasteiger partial charge in [0, 0.05) is 28.6 Å². The molecule has 26 heavy (non-hydrogen) atoms. The van der Waals surface area contributed by atoms with Gasteiger partial charge >= 0.3 is 0 Å². The van der Waals surface area contributed by atoms with Crippen molar-refractivity contribution in [3.8, 4) is 0 Å². The van der Waals surface area contributed by atoms with E-state index in [-0.39, 0.29) is 23.5 Å². The lowest BCUT2D eigenvalue weighted by molar-refractivity contribution is -0.137. The molecule has 0 aliphatic carbocycles. The van der Waals surface area contributed by atoms with E-state index in [4.69, 9.17) is 8.22 Å². The first-order chi connectivity index (χ1) is 14.6. The van der Waals surface area contributed by atoms with Gasteiger partial charge in [-0.3, -0.25) is 14.4 Å². The number of carbonyl (C=O) groups excluding carboxylic acids is 3. The summed E-state index contributed by atoms with van der Waals surface area (Å²) in [5.41, 5.74) is -0.286. The second-order valence-corrected chi connectivity index (χ2v) is 6.83. The summed E-state index contributed by atoms with van der Waals surface area (Å²) >= 11 is 0. The average molecular weight is 366 g/mol. The fraction of sp³-hybridized carbons (Fsp3) is 0.550. The molecule has 6 heteroatoms. The normalized spacial score (nSPS) is 24.8. The molecule has 6 nitrogen and oxygen atoms in total. The van der Waals surface area contributed by atoms with Gasteiger partial charge in [0.05, 0.1) is 5.48 Å². The Bertz CT molecular complexity index is 953. The maximum Gasteiger partial charge on any atom is 0.249 e. The molecule has 1 heterocycles. The van der Waals surface area contributed by atoms with Gasteiger partial charge in [0.2, 0.25) is 11.8 Å². The summed E-state index contributed by atoms with van der Waals surface area (Å²) in [5, 5.41) is 12.3. The largest absolute Gasteiger partial charge is 0.385 e. The molecule has 2 amide bonds. The first kappa shape index (κ1) is 13.0. The summed E-state index contributed by atoms with van der Waals surface area (Å²) in [4.78, 5) is 38.8. The fourth-order valence-corrected chi connectivity index (χ4v) is 2.63. The van der Waals surface area contributed by atoms with E-state index in [1.165, 1.54) is 14.0 Å². The number of Topliss-reactive ketones (excluding diaryl/α,β-unsaturated/α-hetero) is 1. The lowest BCUT2D eigenvalue weighted by atomic mass is 9.94. The van der Waals surface area contributed by atoms with Crippen LogP contribution in [0.15, 0.2) is 24.2 Å². The number of carbonyl (C=O) groups is 3. The first-order valence-corrected chi connectivity index (χ1v) is 8.49. The number of aliphatic hydroxyl groups is 1. The van der Waals surface area contributed by atoms with Crippen molar-refractivity contribution in [3.63, 3.8) is 0 Å². The lowest BCUT2D eigenvalue weighted by Gasteiger charge is -2.24.